The highest BCUT2D eigenvalue weighted by atomic mass is 16.5. The molecule has 0 spiro atoms. The van der Waals surface area contributed by atoms with E-state index in [-0.39, 0.29) is 5.91 Å². The van der Waals surface area contributed by atoms with E-state index in [1.54, 1.807) is 12.4 Å². The zero-order chi connectivity index (χ0) is 23.3. The average Bonchev–Trinajstić information content (AvgIpc) is 3.36. The maximum absolute atomic E-state index is 12.9. The number of benzene rings is 1. The minimum absolute atomic E-state index is 0.0203. The van der Waals surface area contributed by atoms with Gasteiger partial charge in [0.25, 0.3) is 0 Å². The Labute approximate surface area is 198 Å². The molecule has 8 heteroatoms. The summed E-state index contributed by atoms with van der Waals surface area (Å²) in [4.78, 5) is 28.9. The van der Waals surface area contributed by atoms with Crippen molar-refractivity contribution in [3.05, 3.63) is 84.4 Å². The monoisotopic (exact) mass is 456 g/mol. The summed E-state index contributed by atoms with van der Waals surface area (Å²) >= 11 is 0. The molecule has 1 amide bonds. The van der Waals surface area contributed by atoms with Crippen LogP contribution in [0.25, 0.3) is 11.0 Å². The Morgan fingerprint density at radius 2 is 1.85 bits per heavy atom. The van der Waals surface area contributed by atoms with Crippen molar-refractivity contribution in [3.63, 3.8) is 0 Å². The highest BCUT2D eigenvalue weighted by molar-refractivity contribution is 5.83. The fourth-order valence-electron chi connectivity index (χ4n) is 4.26. The number of carbonyl (C=O) groups excluding carboxylic acids is 1. The number of ether oxygens (including phenoxy) is 1. The molecular formula is C26H28N6O2. The molecule has 3 N–H and O–H groups in total. The van der Waals surface area contributed by atoms with Crippen molar-refractivity contribution in [2.75, 3.05) is 26.2 Å². The summed E-state index contributed by atoms with van der Waals surface area (Å²) in [7, 11) is 0. The fraction of sp³-hybridized carbons (Fsp3) is 0.269. The molecule has 0 saturated carbocycles. The number of carbonyl (C=O) groups is 1. The van der Waals surface area contributed by atoms with Gasteiger partial charge < -0.3 is 20.4 Å². The number of aromatic amines is 1. The first kappa shape index (κ1) is 22.1. The lowest BCUT2D eigenvalue weighted by Gasteiger charge is -2.35. The fourth-order valence-corrected chi connectivity index (χ4v) is 4.26. The Kier molecular flexibility index (Phi) is 6.51. The summed E-state index contributed by atoms with van der Waals surface area (Å²) in [5, 5.41) is 0.906. The van der Waals surface area contributed by atoms with E-state index in [9.17, 15) is 4.79 Å². The number of fused-ring (bicyclic) bond motifs is 1. The predicted molar refractivity (Wildman–Crippen MR) is 130 cm³/mol. The number of H-pyrrole nitrogens is 1. The van der Waals surface area contributed by atoms with Crippen molar-refractivity contribution >= 4 is 16.9 Å². The molecule has 1 aliphatic rings. The lowest BCUT2D eigenvalue weighted by molar-refractivity contribution is -0.134. The maximum Gasteiger partial charge on any atom is 0.239 e. The lowest BCUT2D eigenvalue weighted by atomic mass is 10.1. The molecule has 1 saturated heterocycles. The Balaban J connectivity index is 1.13. The van der Waals surface area contributed by atoms with Crippen molar-refractivity contribution in [1.82, 2.24) is 24.8 Å². The van der Waals surface area contributed by atoms with E-state index >= 15 is 0 Å². The van der Waals surface area contributed by atoms with Crippen LogP contribution in [-0.2, 0) is 17.8 Å². The first-order valence-corrected chi connectivity index (χ1v) is 11.5. The van der Waals surface area contributed by atoms with Gasteiger partial charge in [-0.25, -0.2) is 4.98 Å². The molecule has 3 aromatic heterocycles. The highest BCUT2D eigenvalue weighted by Crippen LogP contribution is 2.27. The van der Waals surface area contributed by atoms with Gasteiger partial charge in [0, 0.05) is 57.2 Å². The number of piperazine rings is 1. The van der Waals surface area contributed by atoms with Crippen LogP contribution in [-0.4, -0.2) is 62.9 Å². The zero-order valence-electron chi connectivity index (χ0n) is 18.9. The SMILES string of the molecule is NC(Cc1ccc(Oc2ccnc3[nH]ccc23)cn1)C(=O)N1CCN(Cc2ccccc2)CC1. The summed E-state index contributed by atoms with van der Waals surface area (Å²) in [6.07, 6.45) is 5.57. The van der Waals surface area contributed by atoms with Crippen LogP contribution in [0.15, 0.2) is 73.2 Å². The van der Waals surface area contributed by atoms with Crippen LogP contribution < -0.4 is 10.5 Å². The second-order valence-electron chi connectivity index (χ2n) is 8.53. The summed E-state index contributed by atoms with van der Waals surface area (Å²) in [6.45, 7) is 3.99. The van der Waals surface area contributed by atoms with Crippen LogP contribution in [0.5, 0.6) is 11.5 Å². The number of aromatic nitrogens is 3. The van der Waals surface area contributed by atoms with Crippen LogP contribution in [0, 0.1) is 0 Å². The molecule has 174 valence electrons. The van der Waals surface area contributed by atoms with Gasteiger partial charge in [-0.05, 0) is 29.8 Å². The topological polar surface area (TPSA) is 100 Å². The van der Waals surface area contributed by atoms with Crippen LogP contribution in [0.2, 0.25) is 0 Å². The molecule has 1 atom stereocenters. The first-order valence-electron chi connectivity index (χ1n) is 11.5. The van der Waals surface area contributed by atoms with Crippen LogP contribution >= 0.6 is 0 Å². The number of nitrogens with two attached hydrogens (primary N) is 1. The van der Waals surface area contributed by atoms with Crippen molar-refractivity contribution in [3.8, 4) is 11.5 Å². The number of nitrogens with zero attached hydrogens (tertiary/aromatic N) is 4. The smallest absolute Gasteiger partial charge is 0.239 e. The number of hydrogen-bond donors (Lipinski definition) is 2. The normalized spacial score (nSPS) is 15.4. The molecule has 4 heterocycles. The molecule has 8 nitrogen and oxygen atoms in total. The molecule has 0 bridgehead atoms. The van der Waals surface area contributed by atoms with Crippen molar-refractivity contribution < 1.29 is 9.53 Å². The van der Waals surface area contributed by atoms with Gasteiger partial charge in [-0.3, -0.25) is 14.7 Å². The van der Waals surface area contributed by atoms with Gasteiger partial charge >= 0.3 is 0 Å². The molecule has 1 fully saturated rings. The summed E-state index contributed by atoms with van der Waals surface area (Å²) in [5.41, 5.74) is 9.09. The van der Waals surface area contributed by atoms with Gasteiger partial charge in [0.2, 0.25) is 5.91 Å². The van der Waals surface area contributed by atoms with Crippen LogP contribution in [0.3, 0.4) is 0 Å². The highest BCUT2D eigenvalue weighted by Gasteiger charge is 2.25. The molecule has 5 rings (SSSR count). The van der Waals surface area contributed by atoms with Gasteiger partial charge in [0.1, 0.15) is 17.1 Å². The quantitative estimate of drug-likeness (QED) is 0.444. The summed E-state index contributed by atoms with van der Waals surface area (Å²) in [6, 6.07) is 17.2. The van der Waals surface area contributed by atoms with E-state index in [2.05, 4.69) is 44.1 Å². The van der Waals surface area contributed by atoms with Gasteiger partial charge in [-0.1, -0.05) is 30.3 Å². The van der Waals surface area contributed by atoms with E-state index in [1.807, 2.05) is 41.4 Å². The van der Waals surface area contributed by atoms with E-state index in [0.717, 1.165) is 36.4 Å². The number of amides is 1. The Morgan fingerprint density at radius 1 is 1.03 bits per heavy atom. The molecule has 34 heavy (non-hydrogen) atoms. The van der Waals surface area contributed by atoms with Crippen LogP contribution in [0.1, 0.15) is 11.3 Å². The summed E-state index contributed by atoms with van der Waals surface area (Å²) in [5.74, 6) is 1.30. The molecule has 0 radical (unpaired) electrons. The van der Waals surface area contributed by atoms with E-state index in [1.165, 1.54) is 5.56 Å². The van der Waals surface area contributed by atoms with Crippen molar-refractivity contribution in [1.29, 1.82) is 0 Å². The number of pyridine rings is 2. The summed E-state index contributed by atoms with van der Waals surface area (Å²) < 4.78 is 5.97. The molecule has 0 aliphatic carbocycles. The maximum atomic E-state index is 12.9. The Bertz CT molecular complexity index is 1230. The third-order valence-electron chi connectivity index (χ3n) is 6.12. The minimum Gasteiger partial charge on any atom is -0.455 e. The second-order valence-corrected chi connectivity index (χ2v) is 8.53. The lowest BCUT2D eigenvalue weighted by Crippen LogP contribution is -2.53. The average molecular weight is 457 g/mol. The molecule has 1 unspecified atom stereocenters. The third-order valence-corrected chi connectivity index (χ3v) is 6.12. The first-order chi connectivity index (χ1) is 16.7. The number of rotatable bonds is 7. The van der Waals surface area contributed by atoms with Crippen molar-refractivity contribution in [2.45, 2.75) is 19.0 Å². The Hall–Kier alpha value is -3.75. The van der Waals surface area contributed by atoms with E-state index in [4.69, 9.17) is 10.5 Å². The predicted octanol–water partition coefficient (Wildman–Crippen LogP) is 2.96. The molecule has 1 aliphatic heterocycles. The Morgan fingerprint density at radius 3 is 2.62 bits per heavy atom. The third kappa shape index (κ3) is 5.08. The van der Waals surface area contributed by atoms with Crippen LogP contribution in [0.4, 0.5) is 0 Å². The minimum atomic E-state index is -0.611. The molecule has 4 aromatic rings. The van der Waals surface area contributed by atoms with Gasteiger partial charge in [0.05, 0.1) is 17.6 Å². The standard InChI is InChI=1S/C26H28N6O2/c27-23(26(33)32-14-12-31(13-15-32)18-19-4-2-1-3-5-19)16-20-6-7-21(17-30-20)34-24-9-11-29-25-22(24)8-10-28-25/h1-11,17,23H,12-16,18,27H2,(H,28,29). The zero-order valence-corrected chi connectivity index (χ0v) is 18.9. The van der Waals surface area contributed by atoms with E-state index < -0.39 is 6.04 Å². The second kappa shape index (κ2) is 10.0. The van der Waals surface area contributed by atoms with Gasteiger partial charge in [0.15, 0.2) is 0 Å². The number of hydrogen-bond acceptors (Lipinski definition) is 6. The largest absolute Gasteiger partial charge is 0.455 e. The molecular weight excluding hydrogens is 428 g/mol. The van der Waals surface area contributed by atoms with Crippen molar-refractivity contribution in [2.24, 2.45) is 5.73 Å². The number of nitrogens with one attached hydrogen (secondary N) is 1. The van der Waals surface area contributed by atoms with Gasteiger partial charge in [-0.2, -0.15) is 0 Å². The van der Waals surface area contributed by atoms with Gasteiger partial charge in [-0.15, -0.1) is 0 Å². The molecule has 1 aromatic carbocycles. The van der Waals surface area contributed by atoms with E-state index in [0.29, 0.717) is 31.0 Å².